The molecule has 0 aliphatic carbocycles. The zero-order chi connectivity index (χ0) is 22.1. The Bertz CT molecular complexity index is 1080. The van der Waals surface area contributed by atoms with E-state index in [0.717, 1.165) is 5.56 Å². The van der Waals surface area contributed by atoms with E-state index in [1.54, 1.807) is 48.5 Å². The number of halogens is 1. The van der Waals surface area contributed by atoms with Crippen molar-refractivity contribution in [2.75, 3.05) is 6.61 Å². The number of nitrogens with one attached hydrogen (secondary N) is 3. The van der Waals surface area contributed by atoms with Crippen LogP contribution < -0.4 is 20.9 Å². The number of benzene rings is 3. The van der Waals surface area contributed by atoms with Gasteiger partial charge in [0, 0.05) is 6.42 Å². The fourth-order valence-electron chi connectivity index (χ4n) is 2.73. The van der Waals surface area contributed by atoms with E-state index >= 15 is 0 Å². The zero-order valence-corrected chi connectivity index (χ0v) is 18.0. The summed E-state index contributed by atoms with van der Waals surface area (Å²) < 4.78 is 5.80. The Labute approximate surface area is 190 Å². The summed E-state index contributed by atoms with van der Waals surface area (Å²) in [5, 5.41) is 2.76. The number of hydrazine groups is 1. The molecule has 0 saturated carbocycles. The van der Waals surface area contributed by atoms with Crippen LogP contribution in [-0.4, -0.2) is 23.5 Å². The average molecular weight is 454 g/mol. The Hall–Kier alpha value is -3.42. The highest BCUT2D eigenvalue weighted by atomic mass is 35.5. The third-order valence-corrected chi connectivity index (χ3v) is 4.79. The summed E-state index contributed by atoms with van der Waals surface area (Å²) in [6, 6.07) is 23.4. The summed E-state index contributed by atoms with van der Waals surface area (Å²) in [5.41, 5.74) is 6.65. The molecular formula is C23H20ClN3O3S. The highest BCUT2D eigenvalue weighted by molar-refractivity contribution is 7.80. The molecule has 0 bridgehead atoms. The Kier molecular flexibility index (Phi) is 7.98. The molecule has 3 rings (SSSR count). The van der Waals surface area contributed by atoms with Gasteiger partial charge in [0.15, 0.2) is 5.11 Å². The van der Waals surface area contributed by atoms with Crippen LogP contribution in [0, 0.1) is 0 Å². The minimum absolute atomic E-state index is 0.0653. The van der Waals surface area contributed by atoms with Gasteiger partial charge in [-0.1, -0.05) is 66.2 Å². The van der Waals surface area contributed by atoms with Gasteiger partial charge in [0.2, 0.25) is 0 Å². The normalized spacial score (nSPS) is 10.1. The van der Waals surface area contributed by atoms with Crippen LogP contribution in [0.3, 0.4) is 0 Å². The number of carbonyl (C=O) groups excluding carboxylic acids is 2. The van der Waals surface area contributed by atoms with Gasteiger partial charge in [-0.25, -0.2) is 0 Å². The molecule has 0 aliphatic heterocycles. The number of para-hydroxylation sites is 1. The minimum Gasteiger partial charge on any atom is -0.492 e. The summed E-state index contributed by atoms with van der Waals surface area (Å²) in [7, 11) is 0. The van der Waals surface area contributed by atoms with E-state index in [4.69, 9.17) is 28.6 Å². The number of hydrogen-bond donors (Lipinski definition) is 3. The molecule has 0 unspecified atom stereocenters. The second kappa shape index (κ2) is 11.1. The van der Waals surface area contributed by atoms with Crippen molar-refractivity contribution in [3.8, 4) is 5.75 Å². The molecule has 3 aromatic carbocycles. The van der Waals surface area contributed by atoms with E-state index in [2.05, 4.69) is 16.2 Å². The molecule has 158 valence electrons. The summed E-state index contributed by atoms with van der Waals surface area (Å²) >= 11 is 11.1. The van der Waals surface area contributed by atoms with Crippen molar-refractivity contribution in [1.29, 1.82) is 0 Å². The van der Waals surface area contributed by atoms with Crippen molar-refractivity contribution >= 4 is 40.7 Å². The lowest BCUT2D eigenvalue weighted by Gasteiger charge is -2.14. The number of thiocarbonyl (C=S) groups is 1. The molecule has 8 heteroatoms. The summed E-state index contributed by atoms with van der Waals surface area (Å²) in [6.45, 7) is 0.422. The van der Waals surface area contributed by atoms with Gasteiger partial charge in [0.05, 0.1) is 22.8 Å². The third-order valence-electron chi connectivity index (χ3n) is 4.26. The van der Waals surface area contributed by atoms with Crippen molar-refractivity contribution < 1.29 is 14.3 Å². The van der Waals surface area contributed by atoms with Crippen LogP contribution in [0.25, 0.3) is 0 Å². The van der Waals surface area contributed by atoms with Crippen LogP contribution in [-0.2, 0) is 6.42 Å². The minimum atomic E-state index is -0.480. The van der Waals surface area contributed by atoms with E-state index in [9.17, 15) is 9.59 Å². The number of ether oxygens (including phenoxy) is 1. The fraction of sp³-hybridized carbons (Fsp3) is 0.0870. The van der Waals surface area contributed by atoms with Crippen LogP contribution in [0.2, 0.25) is 5.02 Å². The monoisotopic (exact) mass is 453 g/mol. The summed E-state index contributed by atoms with van der Waals surface area (Å²) in [4.78, 5) is 24.8. The van der Waals surface area contributed by atoms with Crippen molar-refractivity contribution in [2.45, 2.75) is 6.42 Å². The Morgan fingerprint density at radius 1 is 0.806 bits per heavy atom. The first kappa shape index (κ1) is 22.3. The van der Waals surface area contributed by atoms with Crippen LogP contribution in [0.1, 0.15) is 26.3 Å². The lowest BCUT2D eigenvalue weighted by molar-refractivity contribution is 0.0933. The van der Waals surface area contributed by atoms with Crippen LogP contribution in [0.15, 0.2) is 78.9 Å². The van der Waals surface area contributed by atoms with Crippen molar-refractivity contribution in [3.05, 3.63) is 101 Å². The second-order valence-electron chi connectivity index (χ2n) is 6.42. The second-order valence-corrected chi connectivity index (χ2v) is 7.24. The number of hydrogen-bond acceptors (Lipinski definition) is 4. The van der Waals surface area contributed by atoms with E-state index in [0.29, 0.717) is 29.4 Å². The molecule has 0 radical (unpaired) electrons. The van der Waals surface area contributed by atoms with Gasteiger partial charge in [0.1, 0.15) is 5.75 Å². The summed E-state index contributed by atoms with van der Waals surface area (Å²) in [6.07, 6.45) is 0.713. The molecule has 0 saturated heterocycles. The predicted molar refractivity (Wildman–Crippen MR) is 124 cm³/mol. The van der Waals surface area contributed by atoms with Crippen molar-refractivity contribution in [3.63, 3.8) is 0 Å². The molecule has 0 aromatic heterocycles. The molecule has 3 N–H and O–H groups in total. The standard InChI is InChI=1S/C23H20ClN3O3S/c24-19-12-6-4-10-17(19)22(29)26-27-23(31)25-21(28)18-11-5-7-13-20(18)30-15-14-16-8-2-1-3-9-16/h1-13H,14-15H2,(H,26,29)(H2,25,27,28,31). The number of amides is 2. The Balaban J connectivity index is 1.53. The van der Waals surface area contributed by atoms with E-state index in [-0.39, 0.29) is 10.7 Å². The highest BCUT2D eigenvalue weighted by Crippen LogP contribution is 2.18. The zero-order valence-electron chi connectivity index (χ0n) is 16.4. The van der Waals surface area contributed by atoms with Crippen LogP contribution >= 0.6 is 23.8 Å². The van der Waals surface area contributed by atoms with Gasteiger partial charge < -0.3 is 4.74 Å². The lowest BCUT2D eigenvalue weighted by atomic mass is 10.1. The Morgan fingerprint density at radius 3 is 2.19 bits per heavy atom. The van der Waals surface area contributed by atoms with Gasteiger partial charge in [0.25, 0.3) is 11.8 Å². The van der Waals surface area contributed by atoms with Crippen LogP contribution in [0.4, 0.5) is 0 Å². The summed E-state index contributed by atoms with van der Waals surface area (Å²) in [5.74, 6) is -0.495. The molecule has 0 spiro atoms. The number of carbonyl (C=O) groups is 2. The topological polar surface area (TPSA) is 79.5 Å². The van der Waals surface area contributed by atoms with E-state index in [1.165, 1.54) is 0 Å². The molecule has 0 fully saturated rings. The fourth-order valence-corrected chi connectivity index (χ4v) is 3.10. The molecule has 0 atom stereocenters. The van der Waals surface area contributed by atoms with Crippen LogP contribution in [0.5, 0.6) is 5.75 Å². The van der Waals surface area contributed by atoms with Gasteiger partial charge in [-0.3, -0.25) is 25.8 Å². The van der Waals surface area contributed by atoms with Gasteiger partial charge in [-0.15, -0.1) is 0 Å². The molecule has 2 amide bonds. The van der Waals surface area contributed by atoms with Gasteiger partial charge in [-0.2, -0.15) is 0 Å². The number of rotatable bonds is 6. The first-order valence-electron chi connectivity index (χ1n) is 9.46. The molecule has 31 heavy (non-hydrogen) atoms. The van der Waals surface area contributed by atoms with Gasteiger partial charge >= 0.3 is 0 Å². The van der Waals surface area contributed by atoms with Gasteiger partial charge in [-0.05, 0) is 42.0 Å². The Morgan fingerprint density at radius 2 is 1.45 bits per heavy atom. The quantitative estimate of drug-likeness (QED) is 0.389. The van der Waals surface area contributed by atoms with E-state index < -0.39 is 11.8 Å². The molecule has 3 aromatic rings. The highest BCUT2D eigenvalue weighted by Gasteiger charge is 2.15. The smallest absolute Gasteiger partial charge is 0.271 e. The molecule has 6 nitrogen and oxygen atoms in total. The first-order valence-corrected chi connectivity index (χ1v) is 10.2. The van der Waals surface area contributed by atoms with E-state index in [1.807, 2.05) is 30.3 Å². The SMILES string of the molecule is O=C(NNC(=S)NC(=O)c1ccccc1OCCc1ccccc1)c1ccccc1Cl. The third kappa shape index (κ3) is 6.53. The first-order chi connectivity index (χ1) is 15.0. The lowest BCUT2D eigenvalue weighted by Crippen LogP contribution is -2.48. The maximum absolute atomic E-state index is 12.6. The maximum Gasteiger partial charge on any atom is 0.271 e. The molecule has 0 heterocycles. The average Bonchev–Trinajstić information content (AvgIpc) is 2.79. The molecular weight excluding hydrogens is 434 g/mol. The maximum atomic E-state index is 12.6. The van der Waals surface area contributed by atoms with Crippen molar-refractivity contribution in [1.82, 2.24) is 16.2 Å². The predicted octanol–water partition coefficient (Wildman–Crippen LogP) is 3.91. The largest absolute Gasteiger partial charge is 0.492 e. The van der Waals surface area contributed by atoms with Crippen molar-refractivity contribution in [2.24, 2.45) is 0 Å². The molecule has 0 aliphatic rings.